The quantitative estimate of drug-likeness (QED) is 0.544. The third kappa shape index (κ3) is 3.65. The van der Waals surface area contributed by atoms with Gasteiger partial charge >= 0.3 is 5.97 Å². The van der Waals surface area contributed by atoms with Gasteiger partial charge in [0.25, 0.3) is 0 Å². The van der Waals surface area contributed by atoms with E-state index in [1.54, 1.807) is 0 Å². The Bertz CT molecular complexity index is 696. The van der Waals surface area contributed by atoms with Gasteiger partial charge in [0.05, 0.1) is 24.2 Å². The summed E-state index contributed by atoms with van der Waals surface area (Å²) in [6.45, 7) is 9.05. The smallest absolute Gasteiger partial charge is 0.306 e. The minimum Gasteiger partial charge on any atom is -0.481 e. The highest BCUT2D eigenvalue weighted by atomic mass is 16.5. The van der Waals surface area contributed by atoms with E-state index in [2.05, 4.69) is 20.8 Å². The Morgan fingerprint density at radius 1 is 1.09 bits per heavy atom. The van der Waals surface area contributed by atoms with Crippen LogP contribution in [0.3, 0.4) is 0 Å². The van der Waals surface area contributed by atoms with Gasteiger partial charge in [-0.1, -0.05) is 27.7 Å². The van der Waals surface area contributed by atoms with Crippen molar-refractivity contribution in [2.24, 2.45) is 52.3 Å². The van der Waals surface area contributed by atoms with Crippen molar-refractivity contribution in [2.75, 3.05) is 7.11 Å². The van der Waals surface area contributed by atoms with Crippen LogP contribution < -0.4 is 0 Å². The lowest BCUT2D eigenvalue weighted by Gasteiger charge is -2.64. The third-order valence-corrected chi connectivity index (χ3v) is 11.3. The van der Waals surface area contributed by atoms with E-state index in [-0.39, 0.29) is 35.1 Å². The van der Waals surface area contributed by atoms with Crippen LogP contribution in [0.2, 0.25) is 0 Å². The van der Waals surface area contributed by atoms with Gasteiger partial charge in [0.15, 0.2) is 0 Å². The van der Waals surface area contributed by atoms with Crippen molar-refractivity contribution in [1.29, 1.82) is 0 Å². The summed E-state index contributed by atoms with van der Waals surface area (Å²) in [5, 5.41) is 31.4. The van der Waals surface area contributed by atoms with Gasteiger partial charge < -0.3 is 20.1 Å². The predicted molar refractivity (Wildman–Crippen MR) is 124 cm³/mol. The molecule has 5 heteroatoms. The third-order valence-electron chi connectivity index (χ3n) is 11.3. The number of aliphatic carboxylic acids is 1. The molecule has 32 heavy (non-hydrogen) atoms. The molecule has 0 radical (unpaired) electrons. The summed E-state index contributed by atoms with van der Waals surface area (Å²) < 4.78 is 6.25. The van der Waals surface area contributed by atoms with Crippen LogP contribution in [0.1, 0.15) is 85.5 Å². The first-order valence-electron chi connectivity index (χ1n) is 13.2. The molecule has 0 aromatic carbocycles. The molecule has 0 saturated heterocycles. The Labute approximate surface area is 194 Å². The van der Waals surface area contributed by atoms with Crippen molar-refractivity contribution in [3.8, 4) is 0 Å². The summed E-state index contributed by atoms with van der Waals surface area (Å²) in [4.78, 5) is 11.7. The molecule has 0 heterocycles. The Balaban J connectivity index is 1.63. The minimum atomic E-state index is -0.674. The first kappa shape index (κ1) is 24.5. The lowest BCUT2D eigenvalue weighted by Crippen LogP contribution is -2.62. The molecule has 0 aliphatic heterocycles. The van der Waals surface area contributed by atoms with Gasteiger partial charge in [0.2, 0.25) is 0 Å². The summed E-state index contributed by atoms with van der Waals surface area (Å²) in [6, 6.07) is 0. The van der Waals surface area contributed by atoms with Crippen LogP contribution in [0.4, 0.5) is 0 Å². The zero-order valence-corrected chi connectivity index (χ0v) is 20.8. The molecule has 0 aromatic heterocycles. The van der Waals surface area contributed by atoms with E-state index in [1.165, 1.54) is 0 Å². The van der Waals surface area contributed by atoms with Crippen LogP contribution in [-0.2, 0) is 9.53 Å². The second-order valence-corrected chi connectivity index (χ2v) is 12.4. The van der Waals surface area contributed by atoms with Crippen molar-refractivity contribution >= 4 is 5.97 Å². The van der Waals surface area contributed by atoms with E-state index in [0.29, 0.717) is 41.9 Å². The van der Waals surface area contributed by atoms with E-state index < -0.39 is 5.97 Å². The molecule has 184 valence electrons. The Kier molecular flexibility index (Phi) is 6.77. The van der Waals surface area contributed by atoms with E-state index in [9.17, 15) is 20.1 Å². The topological polar surface area (TPSA) is 87.0 Å². The van der Waals surface area contributed by atoms with Crippen LogP contribution in [-0.4, -0.2) is 46.7 Å². The van der Waals surface area contributed by atoms with Crippen LogP contribution in [0.25, 0.3) is 0 Å². The minimum absolute atomic E-state index is 0.0233. The highest BCUT2D eigenvalue weighted by Crippen LogP contribution is 2.68. The molecule has 4 fully saturated rings. The highest BCUT2D eigenvalue weighted by Gasteiger charge is 2.66. The van der Waals surface area contributed by atoms with Crippen molar-refractivity contribution in [2.45, 2.75) is 104 Å². The van der Waals surface area contributed by atoms with Gasteiger partial charge in [-0.2, -0.15) is 0 Å². The molecule has 0 amide bonds. The van der Waals surface area contributed by atoms with E-state index in [1.807, 2.05) is 14.0 Å². The number of hydrogen-bond donors (Lipinski definition) is 3. The number of aliphatic hydroxyl groups excluding tert-OH is 2. The van der Waals surface area contributed by atoms with E-state index in [0.717, 1.165) is 51.4 Å². The molecule has 4 rings (SSSR count). The van der Waals surface area contributed by atoms with Gasteiger partial charge in [-0.15, -0.1) is 0 Å². The molecule has 4 saturated carbocycles. The molecular formula is C27H46O5. The number of hydrogen-bond acceptors (Lipinski definition) is 4. The molecule has 5 nitrogen and oxygen atoms in total. The van der Waals surface area contributed by atoms with E-state index in [4.69, 9.17) is 4.74 Å². The molecule has 0 spiro atoms. The summed E-state index contributed by atoms with van der Waals surface area (Å²) in [5.74, 6) is 1.34. The molecule has 0 aromatic rings. The van der Waals surface area contributed by atoms with Crippen molar-refractivity contribution in [1.82, 2.24) is 0 Å². The molecule has 4 aliphatic carbocycles. The number of ether oxygens (including phenoxy) is 1. The van der Waals surface area contributed by atoms with E-state index >= 15 is 0 Å². The first-order chi connectivity index (χ1) is 15.1. The number of aliphatic hydroxyl groups is 2. The van der Waals surface area contributed by atoms with Gasteiger partial charge in [0.1, 0.15) is 0 Å². The standard InChI is InChI=1S/C27H46O5/c1-6-16(25(30)31)11-15(2)19-7-8-20-24-21(14-23(32-5)27(19,20)4)26(3)10-9-18(28)12-17(26)13-22(24)29/h15-24,28-29H,6-14H2,1-5H3,(H,30,31)/t15-,16?,17+,18-,19-,20+,21+,22+,23+,24+,26+,27-/m1/s1. The Hall–Kier alpha value is -0.650. The number of carboxylic acids is 1. The van der Waals surface area contributed by atoms with Crippen LogP contribution >= 0.6 is 0 Å². The van der Waals surface area contributed by atoms with Gasteiger partial charge in [-0.25, -0.2) is 0 Å². The van der Waals surface area contributed by atoms with Crippen molar-refractivity contribution in [3.05, 3.63) is 0 Å². The summed E-state index contributed by atoms with van der Waals surface area (Å²) >= 11 is 0. The maximum Gasteiger partial charge on any atom is 0.306 e. The normalized spacial score (nSPS) is 50.1. The maximum atomic E-state index is 11.7. The lowest BCUT2D eigenvalue weighted by molar-refractivity contribution is -0.212. The van der Waals surface area contributed by atoms with Gasteiger partial charge in [0, 0.05) is 12.5 Å². The number of rotatable bonds is 6. The molecule has 3 N–H and O–H groups in total. The van der Waals surface area contributed by atoms with Crippen LogP contribution in [0, 0.1) is 52.3 Å². The molecule has 4 aliphatic rings. The molecule has 1 unspecified atom stereocenters. The average molecular weight is 451 g/mol. The second-order valence-electron chi connectivity index (χ2n) is 12.4. The zero-order valence-electron chi connectivity index (χ0n) is 20.8. The van der Waals surface area contributed by atoms with Gasteiger partial charge in [-0.05, 0) is 98.7 Å². The van der Waals surface area contributed by atoms with Crippen LogP contribution in [0.15, 0.2) is 0 Å². The average Bonchev–Trinajstić information content (AvgIpc) is 3.10. The fraction of sp³-hybridized carbons (Fsp3) is 0.963. The molecule has 0 bridgehead atoms. The Morgan fingerprint density at radius 2 is 1.81 bits per heavy atom. The SMILES string of the molecule is CCC(C[C@@H](C)[C@H]1CC[C@H]2[C@@H]3[C@@H](O)C[C@@H]4C[C@H](O)CC[C@]4(C)[C@H]3C[C@H](OC)[C@]12C)C(=O)O. The number of carboxylic acid groups (broad SMARTS) is 1. The number of fused-ring (bicyclic) bond motifs is 5. The summed E-state index contributed by atoms with van der Waals surface area (Å²) in [6.07, 6.45) is 7.77. The fourth-order valence-corrected chi connectivity index (χ4v) is 9.51. The molecule has 12 atom stereocenters. The number of methoxy groups -OCH3 is 1. The summed E-state index contributed by atoms with van der Waals surface area (Å²) in [5.41, 5.74) is 0.145. The maximum absolute atomic E-state index is 11.7. The van der Waals surface area contributed by atoms with Gasteiger partial charge in [-0.3, -0.25) is 4.79 Å². The zero-order chi connectivity index (χ0) is 23.4. The predicted octanol–water partition coefficient (Wildman–Crippen LogP) is 4.74. The second kappa shape index (κ2) is 8.85. The number of carbonyl (C=O) groups is 1. The fourth-order valence-electron chi connectivity index (χ4n) is 9.51. The monoisotopic (exact) mass is 450 g/mol. The van der Waals surface area contributed by atoms with Crippen molar-refractivity contribution in [3.63, 3.8) is 0 Å². The van der Waals surface area contributed by atoms with Crippen molar-refractivity contribution < 1.29 is 24.9 Å². The first-order valence-corrected chi connectivity index (χ1v) is 13.2. The Morgan fingerprint density at radius 3 is 2.44 bits per heavy atom. The highest BCUT2D eigenvalue weighted by molar-refractivity contribution is 5.69. The lowest BCUT2D eigenvalue weighted by atomic mass is 9.43. The molecular weight excluding hydrogens is 404 g/mol. The largest absolute Gasteiger partial charge is 0.481 e. The summed E-state index contributed by atoms with van der Waals surface area (Å²) in [7, 11) is 1.85. The van der Waals surface area contributed by atoms with Crippen LogP contribution in [0.5, 0.6) is 0 Å².